The fourth-order valence-corrected chi connectivity index (χ4v) is 1.88. The van der Waals surface area contributed by atoms with Gasteiger partial charge in [-0.05, 0) is 12.1 Å². The molecule has 2 nitrogen and oxygen atoms in total. The van der Waals surface area contributed by atoms with Crippen LogP contribution in [0.2, 0.25) is 0 Å². The molecule has 3 heteroatoms. The van der Waals surface area contributed by atoms with Gasteiger partial charge in [0.25, 0.3) is 0 Å². The van der Waals surface area contributed by atoms with Crippen LogP contribution in [0.4, 0.5) is 0 Å². The number of thiophene rings is 1. The molecule has 2 rings (SSSR count). The molecule has 1 heterocycles. The van der Waals surface area contributed by atoms with E-state index < -0.39 is 0 Å². The standard InChI is InChI=1S/C10H8O2S/c1-11-9-4-3-7-5-13-6-8(7)10(9)12-2/h3-4H,1-2H3. The molecule has 0 spiro atoms. The van der Waals surface area contributed by atoms with Gasteiger partial charge in [-0.1, -0.05) is 0 Å². The summed E-state index contributed by atoms with van der Waals surface area (Å²) >= 11 is 1.42. The molecule has 0 saturated carbocycles. The van der Waals surface area contributed by atoms with Crippen molar-refractivity contribution in [2.24, 2.45) is 0 Å². The maximum atomic E-state index is 5.24. The summed E-state index contributed by atoms with van der Waals surface area (Å²) < 4.78 is 10.4. The normalized spacial score (nSPS) is 10.3. The second kappa shape index (κ2) is 3.26. The molecule has 0 saturated heterocycles. The molecule has 0 aliphatic carbocycles. The quantitative estimate of drug-likeness (QED) is 0.728. The molecule has 0 bridgehead atoms. The van der Waals surface area contributed by atoms with Crippen molar-refractivity contribution in [3.63, 3.8) is 0 Å². The Morgan fingerprint density at radius 3 is 2.69 bits per heavy atom. The number of hydrogen-bond acceptors (Lipinski definition) is 3. The third-order valence-corrected chi connectivity index (χ3v) is 2.49. The first-order valence-corrected chi connectivity index (χ1v) is 4.61. The van der Waals surface area contributed by atoms with Crippen molar-refractivity contribution in [3.05, 3.63) is 22.9 Å². The summed E-state index contributed by atoms with van der Waals surface area (Å²) in [6, 6.07) is 3.82. The van der Waals surface area contributed by atoms with Crippen molar-refractivity contribution in [2.45, 2.75) is 0 Å². The Morgan fingerprint density at radius 1 is 1.15 bits per heavy atom. The van der Waals surface area contributed by atoms with E-state index in [1.807, 2.05) is 12.1 Å². The van der Waals surface area contributed by atoms with Gasteiger partial charge in [0.05, 0.1) is 25.0 Å². The maximum Gasteiger partial charge on any atom is 0.170 e. The van der Waals surface area contributed by atoms with Crippen LogP contribution in [0.5, 0.6) is 11.5 Å². The lowest BCUT2D eigenvalue weighted by molar-refractivity contribution is 0.358. The number of rotatable bonds is 2. The summed E-state index contributed by atoms with van der Waals surface area (Å²) in [4.78, 5) is 0. The minimum Gasteiger partial charge on any atom is -0.493 e. The van der Waals surface area contributed by atoms with Gasteiger partial charge in [-0.3, -0.25) is 0 Å². The molecule has 1 aromatic heterocycles. The average Bonchev–Trinajstić information content (AvgIpc) is 2.63. The number of ether oxygens (including phenoxy) is 2. The Labute approximate surface area is 80.7 Å². The second-order valence-corrected chi connectivity index (χ2v) is 3.14. The zero-order chi connectivity index (χ0) is 9.26. The fourth-order valence-electron chi connectivity index (χ4n) is 1.24. The van der Waals surface area contributed by atoms with Gasteiger partial charge in [0, 0.05) is 10.8 Å². The van der Waals surface area contributed by atoms with E-state index in [0.29, 0.717) is 0 Å². The molecule has 0 unspecified atom stereocenters. The van der Waals surface area contributed by atoms with Gasteiger partial charge in [-0.25, -0.2) is 0 Å². The van der Waals surface area contributed by atoms with E-state index in [1.165, 1.54) is 11.3 Å². The first kappa shape index (κ1) is 8.38. The molecule has 0 amide bonds. The van der Waals surface area contributed by atoms with E-state index in [2.05, 4.69) is 10.8 Å². The molecule has 0 fully saturated rings. The SMILES string of the molecule is COc1ccc2[c]s[c]c2c1OC. The molecule has 0 atom stereocenters. The van der Waals surface area contributed by atoms with Gasteiger partial charge in [-0.15, -0.1) is 11.3 Å². The third-order valence-electron chi connectivity index (χ3n) is 1.86. The van der Waals surface area contributed by atoms with Crippen molar-refractivity contribution in [1.29, 1.82) is 0 Å². The molecule has 0 aliphatic heterocycles. The van der Waals surface area contributed by atoms with Crippen LogP contribution in [0.15, 0.2) is 12.1 Å². The highest BCUT2D eigenvalue weighted by molar-refractivity contribution is 7.08. The van der Waals surface area contributed by atoms with E-state index in [9.17, 15) is 0 Å². The topological polar surface area (TPSA) is 18.5 Å². The predicted octanol–water partition coefficient (Wildman–Crippen LogP) is 2.52. The summed E-state index contributed by atoms with van der Waals surface area (Å²) in [7, 11) is 3.25. The third kappa shape index (κ3) is 1.25. The largest absolute Gasteiger partial charge is 0.493 e. The first-order valence-electron chi connectivity index (χ1n) is 3.79. The maximum absolute atomic E-state index is 5.24. The summed E-state index contributed by atoms with van der Waals surface area (Å²) in [5.41, 5.74) is 0. The molecule has 13 heavy (non-hydrogen) atoms. The van der Waals surface area contributed by atoms with Crippen molar-refractivity contribution in [3.8, 4) is 11.5 Å². The number of fused-ring (bicyclic) bond motifs is 1. The summed E-state index contributed by atoms with van der Waals surface area (Å²) in [5.74, 6) is 1.47. The Hall–Kier alpha value is -1.22. The zero-order valence-electron chi connectivity index (χ0n) is 7.38. The lowest BCUT2D eigenvalue weighted by Crippen LogP contribution is -1.89. The van der Waals surface area contributed by atoms with E-state index in [0.717, 1.165) is 22.3 Å². The summed E-state index contributed by atoms with van der Waals surface area (Å²) in [6.07, 6.45) is 0. The van der Waals surface area contributed by atoms with Gasteiger partial charge in [0.15, 0.2) is 11.5 Å². The van der Waals surface area contributed by atoms with Gasteiger partial charge in [-0.2, -0.15) is 0 Å². The van der Waals surface area contributed by atoms with Crippen molar-refractivity contribution >= 4 is 22.1 Å². The monoisotopic (exact) mass is 192 g/mol. The molecule has 0 N–H and O–H groups in total. The highest BCUT2D eigenvalue weighted by Crippen LogP contribution is 2.36. The van der Waals surface area contributed by atoms with Crippen LogP contribution in [0, 0.1) is 10.8 Å². The van der Waals surface area contributed by atoms with Crippen molar-refractivity contribution < 1.29 is 9.47 Å². The van der Waals surface area contributed by atoms with Crippen molar-refractivity contribution in [1.82, 2.24) is 0 Å². The highest BCUT2D eigenvalue weighted by Gasteiger charge is 2.08. The van der Waals surface area contributed by atoms with Gasteiger partial charge >= 0.3 is 0 Å². The van der Waals surface area contributed by atoms with Gasteiger partial charge in [0.2, 0.25) is 0 Å². The number of methoxy groups -OCH3 is 2. The van der Waals surface area contributed by atoms with Crippen LogP contribution in [0.3, 0.4) is 0 Å². The number of hydrogen-bond donors (Lipinski definition) is 0. The van der Waals surface area contributed by atoms with E-state index in [-0.39, 0.29) is 0 Å². The van der Waals surface area contributed by atoms with Crippen LogP contribution in [0.1, 0.15) is 0 Å². The van der Waals surface area contributed by atoms with Gasteiger partial charge in [0.1, 0.15) is 0 Å². The highest BCUT2D eigenvalue weighted by atomic mass is 32.1. The lowest BCUT2D eigenvalue weighted by Gasteiger charge is -2.07. The van der Waals surface area contributed by atoms with Crippen LogP contribution < -0.4 is 9.47 Å². The van der Waals surface area contributed by atoms with Crippen LogP contribution >= 0.6 is 11.3 Å². The Kier molecular flexibility index (Phi) is 2.10. The smallest absolute Gasteiger partial charge is 0.170 e. The molecule has 2 aromatic rings. The minimum absolute atomic E-state index is 0.734. The first-order chi connectivity index (χ1) is 6.36. The Bertz CT molecular complexity index is 420. The van der Waals surface area contributed by atoms with Gasteiger partial charge < -0.3 is 9.47 Å². The average molecular weight is 192 g/mol. The Morgan fingerprint density at radius 2 is 2.00 bits per heavy atom. The zero-order valence-corrected chi connectivity index (χ0v) is 8.20. The lowest BCUT2D eigenvalue weighted by atomic mass is 10.2. The predicted molar refractivity (Wildman–Crippen MR) is 52.6 cm³/mol. The molecule has 66 valence electrons. The molecule has 1 aromatic carbocycles. The van der Waals surface area contributed by atoms with E-state index >= 15 is 0 Å². The molecule has 0 aliphatic rings. The van der Waals surface area contributed by atoms with E-state index in [4.69, 9.17) is 9.47 Å². The molecular formula is C10H8O2S. The summed E-state index contributed by atoms with van der Waals surface area (Å²) in [5, 5.41) is 8.14. The fraction of sp³-hybridized carbons (Fsp3) is 0.200. The summed E-state index contributed by atoms with van der Waals surface area (Å²) in [6.45, 7) is 0. The van der Waals surface area contributed by atoms with Crippen molar-refractivity contribution in [2.75, 3.05) is 14.2 Å². The molecular weight excluding hydrogens is 184 g/mol. The van der Waals surface area contributed by atoms with Crippen LogP contribution in [0.25, 0.3) is 10.8 Å². The second-order valence-electron chi connectivity index (χ2n) is 2.53. The van der Waals surface area contributed by atoms with Crippen LogP contribution in [-0.2, 0) is 0 Å². The Balaban J connectivity index is 2.74. The molecule has 2 radical (unpaired) electrons. The van der Waals surface area contributed by atoms with E-state index in [1.54, 1.807) is 14.2 Å². The minimum atomic E-state index is 0.734. The van der Waals surface area contributed by atoms with Crippen LogP contribution in [-0.4, -0.2) is 14.2 Å². The number of benzene rings is 1.